The number of carbonyl (C=O) groups excluding carboxylic acids is 1. The number of piperazine rings is 1. The van der Waals surface area contributed by atoms with E-state index in [-0.39, 0.29) is 17.6 Å². The number of rotatable bonds is 6. The number of nitro benzene ring substituents is 1. The van der Waals surface area contributed by atoms with Crippen LogP contribution in [0.5, 0.6) is 0 Å². The molecule has 0 aliphatic carbocycles. The Morgan fingerprint density at radius 1 is 1.11 bits per heavy atom. The second-order valence-electron chi connectivity index (χ2n) is 6.88. The number of benzene rings is 2. The number of hydrogen-bond donors (Lipinski definition) is 1. The van der Waals surface area contributed by atoms with Crippen LogP contribution >= 0.6 is 11.6 Å². The first kappa shape index (κ1) is 20.1. The molecular formula is C20H23ClN4O3. The summed E-state index contributed by atoms with van der Waals surface area (Å²) in [5.74, 6) is -0.00811. The third-order valence-corrected chi connectivity index (χ3v) is 5.16. The van der Waals surface area contributed by atoms with Crippen molar-refractivity contribution in [3.63, 3.8) is 0 Å². The summed E-state index contributed by atoms with van der Waals surface area (Å²) < 4.78 is 0. The number of nitrogens with one attached hydrogen (secondary N) is 1. The van der Waals surface area contributed by atoms with Gasteiger partial charge in [0, 0.05) is 49.0 Å². The van der Waals surface area contributed by atoms with Gasteiger partial charge in [0.05, 0.1) is 17.5 Å². The Bertz CT molecular complexity index is 818. The Morgan fingerprint density at radius 2 is 1.71 bits per heavy atom. The Kier molecular flexibility index (Phi) is 6.49. The maximum absolute atomic E-state index is 12.4. The Balaban J connectivity index is 1.46. The van der Waals surface area contributed by atoms with Crippen molar-refractivity contribution < 1.29 is 9.72 Å². The van der Waals surface area contributed by atoms with E-state index in [2.05, 4.69) is 15.1 Å². The van der Waals surface area contributed by atoms with Crippen molar-refractivity contribution in [3.8, 4) is 0 Å². The van der Waals surface area contributed by atoms with Gasteiger partial charge in [0.1, 0.15) is 0 Å². The summed E-state index contributed by atoms with van der Waals surface area (Å²) in [4.78, 5) is 27.0. The van der Waals surface area contributed by atoms with E-state index in [1.807, 2.05) is 31.2 Å². The SMILES string of the molecule is C[C@@H](NC(=O)CN1CCN(c2ccc([N+](=O)[O-])cc2)CC1)c1ccc(Cl)cc1. The number of nitrogens with zero attached hydrogens (tertiary/aromatic N) is 3. The van der Waals surface area contributed by atoms with Crippen LogP contribution < -0.4 is 10.2 Å². The number of anilines is 1. The third-order valence-electron chi connectivity index (χ3n) is 4.91. The van der Waals surface area contributed by atoms with Crippen molar-refractivity contribution in [1.82, 2.24) is 10.2 Å². The van der Waals surface area contributed by atoms with Crippen molar-refractivity contribution >= 4 is 28.9 Å². The molecule has 1 heterocycles. The zero-order chi connectivity index (χ0) is 20.1. The molecule has 0 radical (unpaired) electrons. The van der Waals surface area contributed by atoms with Crippen molar-refractivity contribution in [2.75, 3.05) is 37.6 Å². The molecule has 2 aromatic carbocycles. The Morgan fingerprint density at radius 3 is 2.29 bits per heavy atom. The number of amides is 1. The lowest BCUT2D eigenvalue weighted by molar-refractivity contribution is -0.384. The number of non-ortho nitro benzene ring substituents is 1. The number of nitro groups is 1. The van der Waals surface area contributed by atoms with Crippen molar-refractivity contribution in [1.29, 1.82) is 0 Å². The largest absolute Gasteiger partial charge is 0.369 e. The predicted molar refractivity (Wildman–Crippen MR) is 110 cm³/mol. The molecule has 1 aliphatic rings. The van der Waals surface area contributed by atoms with Crippen molar-refractivity contribution in [3.05, 3.63) is 69.2 Å². The standard InChI is InChI=1S/C20H23ClN4O3/c1-15(16-2-4-17(21)5-3-16)22-20(26)14-23-10-12-24(13-11-23)18-6-8-19(9-7-18)25(27)28/h2-9,15H,10-14H2,1H3,(H,22,26)/t15-/m1/s1. The zero-order valence-electron chi connectivity index (χ0n) is 15.7. The molecule has 1 atom stereocenters. The van der Waals surface area contributed by atoms with Crippen LogP contribution in [0.1, 0.15) is 18.5 Å². The quantitative estimate of drug-likeness (QED) is 0.592. The van der Waals surface area contributed by atoms with Crippen LogP contribution in [0.4, 0.5) is 11.4 Å². The van der Waals surface area contributed by atoms with Gasteiger partial charge < -0.3 is 10.2 Å². The Labute approximate surface area is 169 Å². The van der Waals surface area contributed by atoms with E-state index in [0.29, 0.717) is 11.6 Å². The topological polar surface area (TPSA) is 78.7 Å². The average molecular weight is 403 g/mol. The normalized spacial score (nSPS) is 15.9. The molecule has 148 valence electrons. The summed E-state index contributed by atoms with van der Waals surface area (Å²) in [6.45, 7) is 5.38. The number of hydrogen-bond acceptors (Lipinski definition) is 5. The maximum Gasteiger partial charge on any atom is 0.269 e. The molecule has 0 aromatic heterocycles. The van der Waals surface area contributed by atoms with E-state index in [1.54, 1.807) is 12.1 Å². The lowest BCUT2D eigenvalue weighted by atomic mass is 10.1. The van der Waals surface area contributed by atoms with Gasteiger partial charge in [-0.2, -0.15) is 0 Å². The van der Waals surface area contributed by atoms with Gasteiger partial charge in [-0.15, -0.1) is 0 Å². The second kappa shape index (κ2) is 9.03. The molecule has 1 amide bonds. The fourth-order valence-electron chi connectivity index (χ4n) is 3.27. The van der Waals surface area contributed by atoms with Gasteiger partial charge in [-0.1, -0.05) is 23.7 Å². The molecule has 0 bridgehead atoms. The minimum Gasteiger partial charge on any atom is -0.369 e. The summed E-state index contributed by atoms with van der Waals surface area (Å²) in [7, 11) is 0. The van der Waals surface area contributed by atoms with Crippen LogP contribution in [0.25, 0.3) is 0 Å². The van der Waals surface area contributed by atoms with E-state index in [1.165, 1.54) is 12.1 Å². The summed E-state index contributed by atoms with van der Waals surface area (Å²) in [5.41, 5.74) is 2.07. The van der Waals surface area contributed by atoms with Gasteiger partial charge in [0.2, 0.25) is 5.91 Å². The first-order valence-electron chi connectivity index (χ1n) is 9.19. The molecular weight excluding hydrogens is 380 g/mol. The third kappa shape index (κ3) is 5.21. The van der Waals surface area contributed by atoms with Crippen LogP contribution in [0.15, 0.2) is 48.5 Å². The van der Waals surface area contributed by atoms with Crippen LogP contribution in [-0.4, -0.2) is 48.5 Å². The highest BCUT2D eigenvalue weighted by Crippen LogP contribution is 2.21. The average Bonchev–Trinajstić information content (AvgIpc) is 2.69. The van der Waals surface area contributed by atoms with Gasteiger partial charge >= 0.3 is 0 Å². The highest BCUT2D eigenvalue weighted by molar-refractivity contribution is 6.30. The minimum atomic E-state index is -0.397. The molecule has 0 unspecified atom stereocenters. The molecule has 1 aliphatic heterocycles. The fraction of sp³-hybridized carbons (Fsp3) is 0.350. The van der Waals surface area contributed by atoms with Crippen molar-refractivity contribution in [2.45, 2.75) is 13.0 Å². The van der Waals surface area contributed by atoms with Crippen molar-refractivity contribution in [2.24, 2.45) is 0 Å². The molecule has 1 fully saturated rings. The van der Waals surface area contributed by atoms with Gasteiger partial charge in [-0.05, 0) is 36.8 Å². The molecule has 0 saturated carbocycles. The van der Waals surface area contributed by atoms with Crippen LogP contribution in [0.3, 0.4) is 0 Å². The van der Waals surface area contributed by atoms with Gasteiger partial charge in [0.15, 0.2) is 0 Å². The van der Waals surface area contributed by atoms with E-state index in [4.69, 9.17) is 11.6 Å². The molecule has 1 saturated heterocycles. The molecule has 8 heteroatoms. The van der Waals surface area contributed by atoms with Crippen LogP contribution in [-0.2, 0) is 4.79 Å². The zero-order valence-corrected chi connectivity index (χ0v) is 16.4. The fourth-order valence-corrected chi connectivity index (χ4v) is 3.40. The highest BCUT2D eigenvalue weighted by Gasteiger charge is 2.20. The highest BCUT2D eigenvalue weighted by atomic mass is 35.5. The van der Waals surface area contributed by atoms with E-state index < -0.39 is 4.92 Å². The summed E-state index contributed by atoms with van der Waals surface area (Å²) in [6.07, 6.45) is 0. The molecule has 0 spiro atoms. The molecule has 7 nitrogen and oxygen atoms in total. The minimum absolute atomic E-state index is 0.00811. The molecule has 2 aromatic rings. The van der Waals surface area contributed by atoms with E-state index in [9.17, 15) is 14.9 Å². The molecule has 1 N–H and O–H groups in total. The lowest BCUT2D eigenvalue weighted by Gasteiger charge is -2.35. The maximum atomic E-state index is 12.4. The second-order valence-corrected chi connectivity index (χ2v) is 7.31. The van der Waals surface area contributed by atoms with Crippen LogP contribution in [0, 0.1) is 10.1 Å². The summed E-state index contributed by atoms with van der Waals surface area (Å²) >= 11 is 5.90. The number of carbonyl (C=O) groups is 1. The van der Waals surface area contributed by atoms with Crippen LogP contribution in [0.2, 0.25) is 5.02 Å². The Hall–Kier alpha value is -2.64. The first-order chi connectivity index (χ1) is 13.4. The van der Waals surface area contributed by atoms with Gasteiger partial charge in [-0.3, -0.25) is 19.8 Å². The lowest BCUT2D eigenvalue weighted by Crippen LogP contribution is -2.49. The first-order valence-corrected chi connectivity index (χ1v) is 9.57. The smallest absolute Gasteiger partial charge is 0.269 e. The summed E-state index contributed by atoms with van der Waals surface area (Å²) in [6, 6.07) is 14.0. The van der Waals surface area contributed by atoms with E-state index >= 15 is 0 Å². The summed E-state index contributed by atoms with van der Waals surface area (Å²) in [5, 5.41) is 14.5. The predicted octanol–water partition coefficient (Wildman–Crippen LogP) is 3.25. The van der Waals surface area contributed by atoms with Gasteiger partial charge in [0.25, 0.3) is 5.69 Å². The van der Waals surface area contributed by atoms with Gasteiger partial charge in [-0.25, -0.2) is 0 Å². The van der Waals surface area contributed by atoms with E-state index in [0.717, 1.165) is 37.4 Å². The number of halogens is 1. The molecule has 28 heavy (non-hydrogen) atoms. The monoisotopic (exact) mass is 402 g/mol. The molecule has 3 rings (SSSR count).